The van der Waals surface area contributed by atoms with Gasteiger partial charge >= 0.3 is 0 Å². The first-order valence-corrected chi connectivity index (χ1v) is 13.1. The Kier molecular flexibility index (Phi) is 5.91. The molecular formula is C30H34N8. The molecule has 194 valence electrons. The molecule has 38 heavy (non-hydrogen) atoms. The number of anilines is 2. The standard InChI is InChI=1S/C30H34N8/c1-19(30(2,3)4)33-22-14-21(17-31-18-22)20-6-7-26-23(15-20)28(36-35-26)27-16-24-25(34-27)8-9-32-29(24)38-12-10-37(5)11-13-38/h6-9,14-18,33-34H,1,10-13H2,2-5H3,(H,35,36). The Labute approximate surface area is 222 Å². The number of nitrogens with zero attached hydrogens (tertiary/aromatic N) is 5. The third-order valence-corrected chi connectivity index (χ3v) is 7.42. The molecule has 6 rings (SSSR count). The molecule has 5 aromatic rings. The van der Waals surface area contributed by atoms with Gasteiger partial charge in [-0.15, -0.1) is 0 Å². The molecule has 8 heteroatoms. The van der Waals surface area contributed by atoms with E-state index in [1.165, 1.54) is 0 Å². The van der Waals surface area contributed by atoms with E-state index in [0.717, 1.165) is 87.7 Å². The predicted molar refractivity (Wildman–Crippen MR) is 156 cm³/mol. The maximum absolute atomic E-state index is 4.75. The maximum Gasteiger partial charge on any atom is 0.138 e. The minimum Gasteiger partial charge on any atom is -0.358 e. The van der Waals surface area contributed by atoms with Gasteiger partial charge < -0.3 is 20.1 Å². The number of H-pyrrole nitrogens is 2. The summed E-state index contributed by atoms with van der Waals surface area (Å²) in [6, 6.07) is 12.7. The lowest BCUT2D eigenvalue weighted by atomic mass is 9.93. The van der Waals surface area contributed by atoms with Crippen LogP contribution in [0.25, 0.3) is 44.3 Å². The zero-order chi connectivity index (χ0) is 26.4. The largest absolute Gasteiger partial charge is 0.358 e. The number of likely N-dealkylation sites (N-methyl/N-ethyl adjacent to an activating group) is 1. The number of allylic oxidation sites excluding steroid dienone is 1. The molecule has 0 atom stereocenters. The lowest BCUT2D eigenvalue weighted by Gasteiger charge is -2.33. The normalized spacial score (nSPS) is 14.9. The SMILES string of the molecule is C=C(Nc1cncc(-c2ccc3[nH]nc(-c4cc5c(N6CCN(C)CC6)nccc5[nH]4)c3c2)c1)C(C)(C)C. The zero-order valence-electron chi connectivity index (χ0n) is 22.5. The topological polar surface area (TPSA) is 88.8 Å². The van der Waals surface area contributed by atoms with Crippen molar-refractivity contribution in [3.8, 4) is 22.5 Å². The average molecular weight is 507 g/mol. The fourth-order valence-corrected chi connectivity index (χ4v) is 4.86. The summed E-state index contributed by atoms with van der Waals surface area (Å²) in [5.74, 6) is 1.03. The van der Waals surface area contributed by atoms with E-state index in [2.05, 4.69) is 94.9 Å². The molecule has 0 spiro atoms. The summed E-state index contributed by atoms with van der Waals surface area (Å²) in [5.41, 5.74) is 7.87. The third kappa shape index (κ3) is 4.52. The van der Waals surface area contributed by atoms with Crippen LogP contribution in [0.3, 0.4) is 0 Å². The van der Waals surface area contributed by atoms with Crippen LogP contribution in [0.5, 0.6) is 0 Å². The van der Waals surface area contributed by atoms with Gasteiger partial charge in [-0.2, -0.15) is 5.10 Å². The molecule has 3 N–H and O–H groups in total. The lowest BCUT2D eigenvalue weighted by Crippen LogP contribution is -2.44. The quantitative estimate of drug-likeness (QED) is 0.275. The van der Waals surface area contributed by atoms with Crippen LogP contribution < -0.4 is 10.2 Å². The number of aromatic amines is 2. The number of nitrogens with one attached hydrogen (secondary N) is 3. The Balaban J connectivity index is 1.35. The molecule has 0 amide bonds. The number of fused-ring (bicyclic) bond motifs is 2. The van der Waals surface area contributed by atoms with Crippen molar-refractivity contribution < 1.29 is 0 Å². The van der Waals surface area contributed by atoms with Crippen LogP contribution in [0, 0.1) is 5.41 Å². The summed E-state index contributed by atoms with van der Waals surface area (Å²) in [6.45, 7) is 14.6. The molecule has 1 aromatic carbocycles. The second kappa shape index (κ2) is 9.29. The molecule has 1 fully saturated rings. The van der Waals surface area contributed by atoms with Crippen LogP contribution in [0.15, 0.2) is 67.3 Å². The number of pyridine rings is 2. The first-order chi connectivity index (χ1) is 18.3. The molecule has 5 heterocycles. The van der Waals surface area contributed by atoms with Gasteiger partial charge in [0.2, 0.25) is 0 Å². The molecule has 1 aliphatic rings. The second-order valence-electron chi connectivity index (χ2n) is 11.2. The minimum atomic E-state index is -0.0417. The molecular weight excluding hydrogens is 472 g/mol. The fourth-order valence-electron chi connectivity index (χ4n) is 4.86. The smallest absolute Gasteiger partial charge is 0.138 e. The number of hydrogen-bond acceptors (Lipinski definition) is 6. The van der Waals surface area contributed by atoms with Crippen molar-refractivity contribution >= 4 is 33.3 Å². The molecule has 0 unspecified atom stereocenters. The van der Waals surface area contributed by atoms with Crippen LogP contribution in [-0.4, -0.2) is 63.3 Å². The van der Waals surface area contributed by atoms with Crippen molar-refractivity contribution in [3.63, 3.8) is 0 Å². The summed E-state index contributed by atoms with van der Waals surface area (Å²) in [5, 5.41) is 13.5. The molecule has 4 aromatic heterocycles. The van der Waals surface area contributed by atoms with E-state index in [1.54, 1.807) is 0 Å². The molecule has 1 saturated heterocycles. The van der Waals surface area contributed by atoms with Crippen LogP contribution >= 0.6 is 0 Å². The monoisotopic (exact) mass is 506 g/mol. The molecule has 0 radical (unpaired) electrons. The zero-order valence-corrected chi connectivity index (χ0v) is 22.5. The van der Waals surface area contributed by atoms with Crippen molar-refractivity contribution in [2.75, 3.05) is 43.4 Å². The highest BCUT2D eigenvalue weighted by molar-refractivity contribution is 6.00. The van der Waals surface area contributed by atoms with Gasteiger partial charge in [-0.25, -0.2) is 4.98 Å². The van der Waals surface area contributed by atoms with Gasteiger partial charge in [-0.3, -0.25) is 10.1 Å². The van der Waals surface area contributed by atoms with E-state index in [1.807, 2.05) is 24.7 Å². The van der Waals surface area contributed by atoms with E-state index < -0.39 is 0 Å². The van der Waals surface area contributed by atoms with Gasteiger partial charge in [-0.05, 0) is 42.9 Å². The van der Waals surface area contributed by atoms with Gasteiger partial charge in [0.25, 0.3) is 0 Å². The maximum atomic E-state index is 4.75. The van der Waals surface area contributed by atoms with Crippen molar-refractivity contribution in [2.45, 2.75) is 20.8 Å². The minimum absolute atomic E-state index is 0.0417. The van der Waals surface area contributed by atoms with E-state index in [0.29, 0.717) is 0 Å². The van der Waals surface area contributed by atoms with E-state index in [-0.39, 0.29) is 5.41 Å². The van der Waals surface area contributed by atoms with E-state index in [9.17, 15) is 0 Å². The fraction of sp³-hybridized carbons (Fsp3) is 0.300. The Morgan fingerprint density at radius 1 is 0.947 bits per heavy atom. The number of benzene rings is 1. The van der Waals surface area contributed by atoms with Gasteiger partial charge in [0, 0.05) is 66.0 Å². The number of hydrogen-bond donors (Lipinski definition) is 3. The Hall–Kier alpha value is -4.17. The number of piperazine rings is 1. The van der Waals surface area contributed by atoms with E-state index >= 15 is 0 Å². The van der Waals surface area contributed by atoms with Gasteiger partial charge in [-0.1, -0.05) is 33.4 Å². The average Bonchev–Trinajstić information content (AvgIpc) is 3.52. The molecule has 0 saturated carbocycles. The Morgan fingerprint density at radius 3 is 2.55 bits per heavy atom. The lowest BCUT2D eigenvalue weighted by molar-refractivity contribution is 0.312. The van der Waals surface area contributed by atoms with Gasteiger partial charge in [0.05, 0.1) is 28.6 Å². The van der Waals surface area contributed by atoms with Gasteiger partial charge in [0.15, 0.2) is 0 Å². The summed E-state index contributed by atoms with van der Waals surface area (Å²) in [6.07, 6.45) is 5.61. The predicted octanol–water partition coefficient (Wildman–Crippen LogP) is 5.89. The summed E-state index contributed by atoms with van der Waals surface area (Å²) >= 11 is 0. The van der Waals surface area contributed by atoms with Crippen molar-refractivity contribution in [1.29, 1.82) is 0 Å². The first-order valence-electron chi connectivity index (χ1n) is 13.1. The van der Waals surface area contributed by atoms with Gasteiger partial charge in [0.1, 0.15) is 11.5 Å². The van der Waals surface area contributed by atoms with Crippen molar-refractivity contribution in [1.82, 2.24) is 30.0 Å². The Bertz CT molecular complexity index is 1630. The van der Waals surface area contributed by atoms with Crippen LogP contribution in [0.2, 0.25) is 0 Å². The van der Waals surface area contributed by atoms with Crippen molar-refractivity contribution in [3.05, 3.63) is 67.3 Å². The van der Waals surface area contributed by atoms with E-state index in [4.69, 9.17) is 10.1 Å². The molecule has 0 bridgehead atoms. The second-order valence-corrected chi connectivity index (χ2v) is 11.2. The van der Waals surface area contributed by atoms with Crippen LogP contribution in [-0.2, 0) is 0 Å². The highest BCUT2D eigenvalue weighted by Gasteiger charge is 2.20. The summed E-state index contributed by atoms with van der Waals surface area (Å²) in [4.78, 5) is 17.6. The van der Waals surface area contributed by atoms with Crippen molar-refractivity contribution in [2.24, 2.45) is 5.41 Å². The Morgan fingerprint density at radius 2 is 1.76 bits per heavy atom. The van der Waals surface area contributed by atoms with Crippen LogP contribution in [0.4, 0.5) is 11.5 Å². The number of rotatable bonds is 5. The highest BCUT2D eigenvalue weighted by Crippen LogP contribution is 2.35. The third-order valence-electron chi connectivity index (χ3n) is 7.42. The molecule has 1 aliphatic heterocycles. The highest BCUT2D eigenvalue weighted by atomic mass is 15.3. The van der Waals surface area contributed by atoms with Crippen LogP contribution in [0.1, 0.15) is 20.8 Å². The summed E-state index contributed by atoms with van der Waals surface area (Å²) in [7, 11) is 2.17. The molecule has 8 nitrogen and oxygen atoms in total. The summed E-state index contributed by atoms with van der Waals surface area (Å²) < 4.78 is 0. The first kappa shape index (κ1) is 24.2. The molecule has 0 aliphatic carbocycles. The number of aromatic nitrogens is 5.